The van der Waals surface area contributed by atoms with E-state index in [1.54, 1.807) is 19.1 Å². The van der Waals surface area contributed by atoms with Gasteiger partial charge in [-0.25, -0.2) is 26.5 Å². The van der Waals surface area contributed by atoms with E-state index in [0.717, 1.165) is 0 Å². The lowest BCUT2D eigenvalue weighted by molar-refractivity contribution is 0.555. The zero-order chi connectivity index (χ0) is 17.8. The number of nitrogens with zero attached hydrogens (tertiary/aromatic N) is 1. The summed E-state index contributed by atoms with van der Waals surface area (Å²) < 4.78 is 53.7. The first-order valence-corrected chi connectivity index (χ1v) is 10.3. The molecule has 2 N–H and O–H groups in total. The van der Waals surface area contributed by atoms with Gasteiger partial charge in [0.1, 0.15) is 5.82 Å². The SMILES string of the molecule is CC[C@H](C)NS(=O)(=O)c1ccc(S(=O)(=O)Nc2ccccn2)cc1. The maximum absolute atomic E-state index is 12.3. The molecule has 0 unspecified atom stereocenters. The normalized spacial score (nSPS) is 13.4. The Morgan fingerprint density at radius 2 is 1.54 bits per heavy atom. The van der Waals surface area contributed by atoms with Gasteiger partial charge >= 0.3 is 0 Å². The van der Waals surface area contributed by atoms with Gasteiger partial charge in [0.05, 0.1) is 9.79 Å². The van der Waals surface area contributed by atoms with Gasteiger partial charge in [0.2, 0.25) is 10.0 Å². The molecule has 0 radical (unpaired) electrons. The Morgan fingerprint density at radius 3 is 2.04 bits per heavy atom. The van der Waals surface area contributed by atoms with Crippen molar-refractivity contribution in [3.05, 3.63) is 48.7 Å². The van der Waals surface area contributed by atoms with Gasteiger partial charge in [-0.2, -0.15) is 0 Å². The topological polar surface area (TPSA) is 105 Å². The Kier molecular flexibility index (Phi) is 5.58. The van der Waals surface area contributed by atoms with Crippen LogP contribution in [0.2, 0.25) is 0 Å². The maximum Gasteiger partial charge on any atom is 0.263 e. The van der Waals surface area contributed by atoms with Crippen LogP contribution in [0.1, 0.15) is 20.3 Å². The van der Waals surface area contributed by atoms with Crippen LogP contribution in [0.25, 0.3) is 0 Å². The summed E-state index contributed by atoms with van der Waals surface area (Å²) in [7, 11) is -7.50. The second-order valence-electron chi connectivity index (χ2n) is 5.22. The monoisotopic (exact) mass is 369 g/mol. The van der Waals surface area contributed by atoms with E-state index < -0.39 is 20.0 Å². The quantitative estimate of drug-likeness (QED) is 0.776. The minimum Gasteiger partial charge on any atom is -0.263 e. The van der Waals surface area contributed by atoms with Crippen molar-refractivity contribution in [1.82, 2.24) is 9.71 Å². The minimum atomic E-state index is -3.83. The molecule has 0 aliphatic heterocycles. The van der Waals surface area contributed by atoms with Crippen molar-refractivity contribution in [2.24, 2.45) is 0 Å². The molecule has 1 heterocycles. The van der Waals surface area contributed by atoms with E-state index in [9.17, 15) is 16.8 Å². The van der Waals surface area contributed by atoms with Crippen molar-refractivity contribution in [2.75, 3.05) is 4.72 Å². The largest absolute Gasteiger partial charge is 0.263 e. The number of benzene rings is 1. The number of hydrogen-bond acceptors (Lipinski definition) is 5. The molecule has 9 heteroatoms. The predicted octanol–water partition coefficient (Wildman–Crippen LogP) is 1.96. The molecule has 0 amide bonds. The molecule has 0 saturated carbocycles. The van der Waals surface area contributed by atoms with E-state index in [-0.39, 0.29) is 21.7 Å². The zero-order valence-corrected chi connectivity index (χ0v) is 14.9. The van der Waals surface area contributed by atoms with E-state index in [1.165, 1.54) is 36.5 Å². The number of anilines is 1. The van der Waals surface area contributed by atoms with E-state index in [0.29, 0.717) is 6.42 Å². The number of aromatic nitrogens is 1. The molecule has 24 heavy (non-hydrogen) atoms. The van der Waals surface area contributed by atoms with Gasteiger partial charge in [0, 0.05) is 12.2 Å². The summed E-state index contributed by atoms with van der Waals surface area (Å²) in [5.41, 5.74) is 0. The number of nitrogens with one attached hydrogen (secondary N) is 2. The lowest BCUT2D eigenvalue weighted by Gasteiger charge is -2.12. The van der Waals surface area contributed by atoms with E-state index in [2.05, 4.69) is 14.4 Å². The second kappa shape index (κ2) is 7.29. The third-order valence-corrected chi connectivity index (χ3v) is 6.29. The van der Waals surface area contributed by atoms with Gasteiger partial charge in [-0.15, -0.1) is 0 Å². The van der Waals surface area contributed by atoms with Gasteiger partial charge in [-0.3, -0.25) is 4.72 Å². The van der Waals surface area contributed by atoms with Crippen molar-refractivity contribution < 1.29 is 16.8 Å². The fourth-order valence-corrected chi connectivity index (χ4v) is 4.17. The number of hydrogen-bond donors (Lipinski definition) is 2. The smallest absolute Gasteiger partial charge is 0.263 e. The van der Waals surface area contributed by atoms with Crippen LogP contribution in [0, 0.1) is 0 Å². The summed E-state index contributed by atoms with van der Waals surface area (Å²) in [5.74, 6) is 0.188. The van der Waals surface area contributed by atoms with Crippen LogP contribution in [0.4, 0.5) is 5.82 Å². The first-order valence-electron chi connectivity index (χ1n) is 7.31. The first-order chi connectivity index (χ1) is 11.2. The van der Waals surface area contributed by atoms with Crippen LogP contribution < -0.4 is 9.44 Å². The third kappa shape index (κ3) is 4.53. The standard InChI is InChI=1S/C15H19N3O4S2/c1-3-12(2)17-23(19,20)13-7-9-14(10-8-13)24(21,22)18-15-6-4-5-11-16-15/h4-12,17H,3H2,1-2H3,(H,16,18)/t12-/m0/s1. The molecular formula is C15H19N3O4S2. The van der Waals surface area contributed by atoms with Gasteiger partial charge in [0.25, 0.3) is 10.0 Å². The van der Waals surface area contributed by atoms with E-state index >= 15 is 0 Å². The summed E-state index contributed by atoms with van der Waals surface area (Å²) in [5, 5.41) is 0. The molecule has 0 spiro atoms. The van der Waals surface area contributed by atoms with Crippen LogP contribution in [0.5, 0.6) is 0 Å². The fraction of sp³-hybridized carbons (Fsp3) is 0.267. The average molecular weight is 369 g/mol. The number of rotatable bonds is 7. The summed E-state index contributed by atoms with van der Waals surface area (Å²) in [6.45, 7) is 3.62. The zero-order valence-electron chi connectivity index (χ0n) is 13.3. The predicted molar refractivity (Wildman–Crippen MR) is 91.6 cm³/mol. The molecule has 1 atom stereocenters. The number of sulfonamides is 2. The van der Waals surface area contributed by atoms with Crippen LogP contribution in [0.3, 0.4) is 0 Å². The summed E-state index contributed by atoms with van der Waals surface area (Å²) in [4.78, 5) is 3.86. The molecule has 0 saturated heterocycles. The molecule has 2 rings (SSSR count). The van der Waals surface area contributed by atoms with E-state index in [1.807, 2.05) is 6.92 Å². The molecule has 130 valence electrons. The first kappa shape index (κ1) is 18.4. The maximum atomic E-state index is 12.3. The highest BCUT2D eigenvalue weighted by molar-refractivity contribution is 7.92. The molecule has 0 bridgehead atoms. The lowest BCUT2D eigenvalue weighted by Crippen LogP contribution is -2.32. The molecule has 0 fully saturated rings. The van der Waals surface area contributed by atoms with Crippen LogP contribution >= 0.6 is 0 Å². The minimum absolute atomic E-state index is 0.0135. The summed E-state index contributed by atoms with van der Waals surface area (Å²) >= 11 is 0. The summed E-state index contributed by atoms with van der Waals surface area (Å²) in [6, 6.07) is 9.65. The van der Waals surface area contributed by atoms with Gasteiger partial charge in [-0.1, -0.05) is 13.0 Å². The molecular weight excluding hydrogens is 350 g/mol. The molecule has 1 aromatic carbocycles. The molecule has 0 aliphatic rings. The Bertz CT molecular complexity index is 880. The van der Waals surface area contributed by atoms with Gasteiger partial charge < -0.3 is 0 Å². The molecule has 2 aromatic rings. The third-order valence-electron chi connectivity index (χ3n) is 3.32. The highest BCUT2D eigenvalue weighted by atomic mass is 32.2. The van der Waals surface area contributed by atoms with Crippen LogP contribution in [-0.2, 0) is 20.0 Å². The van der Waals surface area contributed by atoms with Crippen molar-refractivity contribution in [2.45, 2.75) is 36.1 Å². The number of pyridine rings is 1. The molecule has 7 nitrogen and oxygen atoms in total. The van der Waals surface area contributed by atoms with Crippen LogP contribution in [-0.4, -0.2) is 27.9 Å². The summed E-state index contributed by atoms with van der Waals surface area (Å²) in [6.07, 6.45) is 2.12. The Hall–Kier alpha value is -1.97. The average Bonchev–Trinajstić information content (AvgIpc) is 2.55. The van der Waals surface area contributed by atoms with Crippen molar-refractivity contribution in [1.29, 1.82) is 0 Å². The van der Waals surface area contributed by atoms with Crippen molar-refractivity contribution in [3.8, 4) is 0 Å². The molecule has 1 aromatic heterocycles. The Balaban J connectivity index is 2.22. The van der Waals surface area contributed by atoms with E-state index in [4.69, 9.17) is 0 Å². The van der Waals surface area contributed by atoms with Crippen LogP contribution in [0.15, 0.2) is 58.5 Å². The van der Waals surface area contributed by atoms with Crippen molar-refractivity contribution >= 4 is 25.9 Å². The van der Waals surface area contributed by atoms with Gasteiger partial charge in [0.15, 0.2) is 0 Å². The van der Waals surface area contributed by atoms with Gasteiger partial charge in [-0.05, 0) is 49.7 Å². The highest BCUT2D eigenvalue weighted by Gasteiger charge is 2.19. The second-order valence-corrected chi connectivity index (χ2v) is 8.62. The fourth-order valence-electron chi connectivity index (χ4n) is 1.83. The lowest BCUT2D eigenvalue weighted by atomic mass is 10.3. The highest BCUT2D eigenvalue weighted by Crippen LogP contribution is 2.17. The van der Waals surface area contributed by atoms with Crippen molar-refractivity contribution in [3.63, 3.8) is 0 Å². The molecule has 0 aliphatic carbocycles. The Labute approximate surface area is 142 Å². The Morgan fingerprint density at radius 1 is 0.958 bits per heavy atom.